The van der Waals surface area contributed by atoms with Crippen molar-refractivity contribution in [3.05, 3.63) is 17.8 Å². The molecule has 0 fully saturated rings. The van der Waals surface area contributed by atoms with Gasteiger partial charge in [-0.1, -0.05) is 0 Å². The number of aromatic nitrogens is 2. The van der Waals surface area contributed by atoms with Gasteiger partial charge in [0.1, 0.15) is 5.69 Å². The van der Waals surface area contributed by atoms with Crippen molar-refractivity contribution in [2.45, 2.75) is 0 Å². The van der Waals surface area contributed by atoms with Crippen LogP contribution < -0.4 is 4.90 Å². The van der Waals surface area contributed by atoms with Crippen molar-refractivity contribution < 1.29 is 4.79 Å². The lowest BCUT2D eigenvalue weighted by Gasteiger charge is -2.08. The number of anilines is 1. The van der Waals surface area contributed by atoms with Crippen LogP contribution in [0.25, 0.3) is 0 Å². The van der Waals surface area contributed by atoms with Crippen molar-refractivity contribution in [2.24, 2.45) is 0 Å². The Morgan fingerprint density at radius 3 is 2.45 bits per heavy atom. The summed E-state index contributed by atoms with van der Waals surface area (Å²) in [7, 11) is 3.73. The van der Waals surface area contributed by atoms with Gasteiger partial charge < -0.3 is 4.90 Å². The molecular formula is C7H9N3O. The summed E-state index contributed by atoms with van der Waals surface area (Å²) in [5, 5.41) is 7.45. The number of carbonyl (C=O) groups is 1. The summed E-state index contributed by atoms with van der Waals surface area (Å²) in [5.41, 5.74) is 0.357. The number of hydrogen-bond acceptors (Lipinski definition) is 4. The Hall–Kier alpha value is -1.45. The molecule has 0 saturated heterocycles. The molecule has 11 heavy (non-hydrogen) atoms. The number of hydrogen-bond donors (Lipinski definition) is 0. The molecule has 0 unspecified atom stereocenters. The third kappa shape index (κ3) is 1.73. The molecule has 1 rings (SSSR count). The summed E-state index contributed by atoms with van der Waals surface area (Å²) in [5.74, 6) is 0.746. The first-order chi connectivity index (χ1) is 5.24. The minimum Gasteiger partial charge on any atom is -0.361 e. The van der Waals surface area contributed by atoms with Gasteiger partial charge in [-0.2, -0.15) is 0 Å². The highest BCUT2D eigenvalue weighted by atomic mass is 16.1. The van der Waals surface area contributed by atoms with Crippen LogP contribution in [-0.2, 0) is 0 Å². The van der Waals surface area contributed by atoms with Crippen LogP contribution in [0.1, 0.15) is 10.5 Å². The molecule has 0 atom stereocenters. The van der Waals surface area contributed by atoms with Gasteiger partial charge in [-0.3, -0.25) is 4.79 Å². The molecule has 0 spiro atoms. The molecule has 1 heterocycles. The molecule has 0 N–H and O–H groups in total. The lowest BCUT2D eigenvalue weighted by molar-refractivity contribution is 0.111. The van der Waals surface area contributed by atoms with Gasteiger partial charge in [0.25, 0.3) is 0 Å². The molecule has 0 aliphatic heterocycles. The highest BCUT2D eigenvalue weighted by Crippen LogP contribution is 2.02. The first kappa shape index (κ1) is 7.65. The van der Waals surface area contributed by atoms with Gasteiger partial charge in [0.2, 0.25) is 0 Å². The van der Waals surface area contributed by atoms with E-state index >= 15 is 0 Å². The maximum absolute atomic E-state index is 10.2. The quantitative estimate of drug-likeness (QED) is 0.572. The minimum absolute atomic E-state index is 0.357. The lowest BCUT2D eigenvalue weighted by Crippen LogP contribution is -2.11. The molecule has 1 aromatic rings. The zero-order valence-electron chi connectivity index (χ0n) is 6.48. The molecular weight excluding hydrogens is 142 g/mol. The van der Waals surface area contributed by atoms with E-state index in [1.54, 1.807) is 12.1 Å². The molecule has 4 heteroatoms. The van der Waals surface area contributed by atoms with Crippen LogP contribution in [0.5, 0.6) is 0 Å². The number of aldehydes is 1. The van der Waals surface area contributed by atoms with Crippen molar-refractivity contribution in [3.8, 4) is 0 Å². The molecule has 0 aromatic carbocycles. The van der Waals surface area contributed by atoms with Crippen LogP contribution in [0.3, 0.4) is 0 Å². The SMILES string of the molecule is CN(C)c1ccc(C=O)nn1. The third-order valence-electron chi connectivity index (χ3n) is 1.25. The minimum atomic E-state index is 0.357. The Kier molecular flexibility index (Phi) is 2.15. The summed E-state index contributed by atoms with van der Waals surface area (Å²) >= 11 is 0. The summed E-state index contributed by atoms with van der Waals surface area (Å²) in [6.45, 7) is 0. The topological polar surface area (TPSA) is 46.1 Å². The van der Waals surface area contributed by atoms with Gasteiger partial charge in [-0.15, -0.1) is 10.2 Å². The van der Waals surface area contributed by atoms with Crippen LogP contribution in [0, 0.1) is 0 Å². The fourth-order valence-electron chi connectivity index (χ4n) is 0.637. The Morgan fingerprint density at radius 1 is 1.36 bits per heavy atom. The average molecular weight is 151 g/mol. The van der Waals surface area contributed by atoms with E-state index in [9.17, 15) is 4.79 Å². The maximum Gasteiger partial charge on any atom is 0.170 e. The Morgan fingerprint density at radius 2 is 2.09 bits per heavy atom. The van der Waals surface area contributed by atoms with Crippen LogP contribution in [0.4, 0.5) is 5.82 Å². The Balaban J connectivity index is 2.91. The maximum atomic E-state index is 10.2. The van der Waals surface area contributed by atoms with Crippen LogP contribution >= 0.6 is 0 Å². The predicted molar refractivity (Wildman–Crippen MR) is 41.7 cm³/mol. The van der Waals surface area contributed by atoms with Crippen molar-refractivity contribution in [3.63, 3.8) is 0 Å². The van der Waals surface area contributed by atoms with E-state index in [-0.39, 0.29) is 0 Å². The Labute approximate surface area is 64.9 Å². The Bertz CT molecular complexity index is 242. The first-order valence-electron chi connectivity index (χ1n) is 3.20. The van der Waals surface area contributed by atoms with E-state index in [1.165, 1.54) is 0 Å². The van der Waals surface area contributed by atoms with Crippen molar-refractivity contribution >= 4 is 12.1 Å². The highest BCUT2D eigenvalue weighted by Gasteiger charge is 1.96. The highest BCUT2D eigenvalue weighted by molar-refractivity contribution is 5.71. The van der Waals surface area contributed by atoms with Crippen molar-refractivity contribution in [1.82, 2.24) is 10.2 Å². The van der Waals surface area contributed by atoms with Gasteiger partial charge in [0, 0.05) is 14.1 Å². The standard InChI is InChI=1S/C7H9N3O/c1-10(2)7-4-3-6(5-11)8-9-7/h3-5H,1-2H3. The van der Waals surface area contributed by atoms with Gasteiger partial charge in [-0.05, 0) is 12.1 Å². The van der Waals surface area contributed by atoms with Crippen LogP contribution in [-0.4, -0.2) is 30.6 Å². The average Bonchev–Trinajstić information content (AvgIpc) is 2.05. The molecule has 0 bridgehead atoms. The lowest BCUT2D eigenvalue weighted by atomic mass is 10.4. The molecule has 4 nitrogen and oxygen atoms in total. The first-order valence-corrected chi connectivity index (χ1v) is 3.20. The summed E-state index contributed by atoms with van der Waals surface area (Å²) in [4.78, 5) is 12.0. The van der Waals surface area contributed by atoms with E-state index in [0.29, 0.717) is 12.0 Å². The zero-order valence-corrected chi connectivity index (χ0v) is 6.48. The molecule has 1 aromatic heterocycles. The van der Waals surface area contributed by atoms with Crippen molar-refractivity contribution in [1.29, 1.82) is 0 Å². The van der Waals surface area contributed by atoms with Gasteiger partial charge >= 0.3 is 0 Å². The van der Waals surface area contributed by atoms with Crippen LogP contribution in [0.2, 0.25) is 0 Å². The third-order valence-corrected chi connectivity index (χ3v) is 1.25. The van der Waals surface area contributed by atoms with Crippen LogP contribution in [0.15, 0.2) is 12.1 Å². The molecule has 0 amide bonds. The monoisotopic (exact) mass is 151 g/mol. The largest absolute Gasteiger partial charge is 0.361 e. The van der Waals surface area contributed by atoms with Gasteiger partial charge in [0.05, 0.1) is 0 Å². The zero-order chi connectivity index (χ0) is 8.27. The molecule has 0 aliphatic carbocycles. The summed E-state index contributed by atoms with van der Waals surface area (Å²) in [6.07, 6.45) is 0.673. The van der Waals surface area contributed by atoms with E-state index < -0.39 is 0 Å². The van der Waals surface area contributed by atoms with Gasteiger partial charge in [-0.25, -0.2) is 0 Å². The van der Waals surface area contributed by atoms with E-state index in [4.69, 9.17) is 0 Å². The van der Waals surface area contributed by atoms with Crippen molar-refractivity contribution in [2.75, 3.05) is 19.0 Å². The fourth-order valence-corrected chi connectivity index (χ4v) is 0.637. The second-order valence-corrected chi connectivity index (χ2v) is 2.33. The molecule has 0 aliphatic rings. The summed E-state index contributed by atoms with van der Waals surface area (Å²) in [6, 6.07) is 3.38. The number of nitrogens with zero attached hydrogens (tertiary/aromatic N) is 3. The van der Waals surface area contributed by atoms with E-state index in [2.05, 4.69) is 10.2 Å². The van der Waals surface area contributed by atoms with E-state index in [1.807, 2.05) is 19.0 Å². The molecule has 0 radical (unpaired) electrons. The second kappa shape index (κ2) is 3.09. The smallest absolute Gasteiger partial charge is 0.170 e. The number of carbonyl (C=O) groups excluding carboxylic acids is 1. The predicted octanol–water partition coefficient (Wildman–Crippen LogP) is 0.355. The normalized spacial score (nSPS) is 9.27. The van der Waals surface area contributed by atoms with Gasteiger partial charge in [0.15, 0.2) is 12.1 Å². The molecule has 0 saturated carbocycles. The van der Waals surface area contributed by atoms with E-state index in [0.717, 1.165) is 5.82 Å². The second-order valence-electron chi connectivity index (χ2n) is 2.33. The fraction of sp³-hybridized carbons (Fsp3) is 0.286. The number of rotatable bonds is 2. The molecule has 58 valence electrons. The summed E-state index contributed by atoms with van der Waals surface area (Å²) < 4.78 is 0.